The number of nitriles is 1. The number of hydrazine groups is 1. The maximum atomic E-state index is 9.04. The number of hydrogen-bond acceptors (Lipinski definition) is 3. The van der Waals surface area contributed by atoms with Crippen molar-refractivity contribution in [1.29, 1.82) is 5.26 Å². The van der Waals surface area contributed by atoms with Crippen LogP contribution in [0.5, 0.6) is 0 Å². The maximum absolute atomic E-state index is 9.04. The fraction of sp³-hybridized carbons (Fsp3) is 0.364. The molecule has 3 N–H and O–H groups in total. The van der Waals surface area contributed by atoms with Crippen LogP contribution in [0.15, 0.2) is 18.2 Å². The van der Waals surface area contributed by atoms with Crippen LogP contribution in [-0.4, -0.2) is 0 Å². The van der Waals surface area contributed by atoms with Crippen LogP contribution in [0.25, 0.3) is 0 Å². The van der Waals surface area contributed by atoms with Crippen LogP contribution in [0.1, 0.15) is 23.6 Å². The molecule has 0 aliphatic rings. The van der Waals surface area contributed by atoms with E-state index in [-0.39, 0.29) is 0 Å². The third kappa shape index (κ3) is 1.77. The fourth-order valence-electron chi connectivity index (χ4n) is 1.54. The number of rotatable bonds is 2. The lowest BCUT2D eigenvalue weighted by Gasteiger charge is -2.23. The molecule has 3 nitrogen and oxygen atoms in total. The van der Waals surface area contributed by atoms with Crippen LogP contribution >= 0.6 is 0 Å². The predicted octanol–water partition coefficient (Wildman–Crippen LogP) is 1.51. The summed E-state index contributed by atoms with van der Waals surface area (Å²) in [6.07, 6.45) is 0. The van der Waals surface area contributed by atoms with Crippen molar-refractivity contribution in [2.45, 2.75) is 26.3 Å². The van der Waals surface area contributed by atoms with E-state index in [1.807, 2.05) is 32.0 Å². The first-order chi connectivity index (χ1) is 6.53. The Morgan fingerprint density at radius 2 is 2.07 bits per heavy atom. The molecule has 0 saturated carbocycles. The monoisotopic (exact) mass is 189 g/mol. The van der Waals surface area contributed by atoms with Gasteiger partial charge < -0.3 is 0 Å². The Balaban J connectivity index is 3.26. The van der Waals surface area contributed by atoms with E-state index in [0.29, 0.717) is 0 Å². The van der Waals surface area contributed by atoms with Gasteiger partial charge in [0.1, 0.15) is 5.54 Å². The van der Waals surface area contributed by atoms with Gasteiger partial charge in [0, 0.05) is 0 Å². The number of aryl methyl sites for hydroxylation is 2. The van der Waals surface area contributed by atoms with Crippen molar-refractivity contribution in [3.05, 3.63) is 34.9 Å². The smallest absolute Gasteiger partial charge is 0.141 e. The molecule has 0 aromatic heterocycles. The van der Waals surface area contributed by atoms with E-state index in [9.17, 15) is 0 Å². The van der Waals surface area contributed by atoms with Gasteiger partial charge in [-0.2, -0.15) is 5.26 Å². The summed E-state index contributed by atoms with van der Waals surface area (Å²) < 4.78 is 0. The molecule has 0 spiro atoms. The summed E-state index contributed by atoms with van der Waals surface area (Å²) in [5.74, 6) is 5.38. The normalized spacial score (nSPS) is 14.5. The molecule has 1 aromatic rings. The average molecular weight is 189 g/mol. The van der Waals surface area contributed by atoms with E-state index in [1.165, 1.54) is 5.56 Å². The van der Waals surface area contributed by atoms with Crippen LogP contribution in [0.4, 0.5) is 0 Å². The predicted molar refractivity (Wildman–Crippen MR) is 56.2 cm³/mol. The molecule has 0 saturated heterocycles. The van der Waals surface area contributed by atoms with E-state index in [1.54, 1.807) is 6.92 Å². The van der Waals surface area contributed by atoms with E-state index in [0.717, 1.165) is 11.1 Å². The standard InChI is InChI=1S/C11H15N3/c1-8-4-5-10(9(2)6-8)11(3,7-12)14-13/h4-6,14H,13H2,1-3H3. The zero-order valence-corrected chi connectivity index (χ0v) is 8.76. The van der Waals surface area contributed by atoms with Gasteiger partial charge in [-0.1, -0.05) is 23.8 Å². The first-order valence-corrected chi connectivity index (χ1v) is 4.50. The Morgan fingerprint density at radius 3 is 2.50 bits per heavy atom. The molecule has 14 heavy (non-hydrogen) atoms. The highest BCUT2D eigenvalue weighted by atomic mass is 15.3. The van der Waals surface area contributed by atoms with Crippen molar-refractivity contribution < 1.29 is 0 Å². The third-order valence-electron chi connectivity index (χ3n) is 2.43. The van der Waals surface area contributed by atoms with Crippen LogP contribution in [0.2, 0.25) is 0 Å². The second-order valence-corrected chi connectivity index (χ2v) is 3.70. The number of hydrogen-bond donors (Lipinski definition) is 2. The lowest BCUT2D eigenvalue weighted by atomic mass is 9.90. The molecular weight excluding hydrogens is 174 g/mol. The van der Waals surface area contributed by atoms with Crippen molar-refractivity contribution in [3.63, 3.8) is 0 Å². The SMILES string of the molecule is Cc1ccc(C(C)(C#N)NN)c(C)c1. The van der Waals surface area contributed by atoms with Crippen molar-refractivity contribution in [2.75, 3.05) is 0 Å². The van der Waals surface area contributed by atoms with Gasteiger partial charge in [-0.25, -0.2) is 5.43 Å². The van der Waals surface area contributed by atoms with Gasteiger partial charge in [0.2, 0.25) is 0 Å². The highest BCUT2D eigenvalue weighted by molar-refractivity contribution is 5.39. The summed E-state index contributed by atoms with van der Waals surface area (Å²) in [4.78, 5) is 0. The van der Waals surface area contributed by atoms with Gasteiger partial charge in [-0.3, -0.25) is 5.84 Å². The topological polar surface area (TPSA) is 61.8 Å². The minimum atomic E-state index is -0.808. The van der Waals surface area contributed by atoms with Crippen molar-refractivity contribution >= 4 is 0 Å². The molecule has 1 unspecified atom stereocenters. The summed E-state index contributed by atoms with van der Waals surface area (Å²) in [5, 5.41) is 9.04. The molecule has 3 heteroatoms. The summed E-state index contributed by atoms with van der Waals surface area (Å²) in [6, 6.07) is 8.13. The number of benzene rings is 1. The summed E-state index contributed by atoms with van der Waals surface area (Å²) >= 11 is 0. The quantitative estimate of drug-likeness (QED) is 0.547. The van der Waals surface area contributed by atoms with Crippen molar-refractivity contribution in [1.82, 2.24) is 5.43 Å². The average Bonchev–Trinajstić information content (AvgIpc) is 2.17. The van der Waals surface area contributed by atoms with Crippen LogP contribution in [0, 0.1) is 25.2 Å². The van der Waals surface area contributed by atoms with E-state index in [4.69, 9.17) is 11.1 Å². The Kier molecular flexibility index (Phi) is 2.90. The zero-order chi connectivity index (χ0) is 10.8. The fourth-order valence-corrected chi connectivity index (χ4v) is 1.54. The van der Waals surface area contributed by atoms with Crippen LogP contribution in [0.3, 0.4) is 0 Å². The minimum absolute atomic E-state index is 0.808. The Morgan fingerprint density at radius 1 is 1.43 bits per heavy atom. The minimum Gasteiger partial charge on any atom is -0.270 e. The highest BCUT2D eigenvalue weighted by Crippen LogP contribution is 2.23. The van der Waals surface area contributed by atoms with Gasteiger partial charge >= 0.3 is 0 Å². The lowest BCUT2D eigenvalue weighted by Crippen LogP contribution is -2.43. The second kappa shape index (κ2) is 3.79. The third-order valence-corrected chi connectivity index (χ3v) is 2.43. The lowest BCUT2D eigenvalue weighted by molar-refractivity contribution is 0.479. The molecule has 0 fully saturated rings. The van der Waals surface area contributed by atoms with Gasteiger partial charge in [0.15, 0.2) is 0 Å². The summed E-state index contributed by atoms with van der Waals surface area (Å²) in [6.45, 7) is 5.77. The molecule has 1 atom stereocenters. The molecular formula is C11H15N3. The summed E-state index contributed by atoms with van der Waals surface area (Å²) in [5.41, 5.74) is 4.92. The maximum Gasteiger partial charge on any atom is 0.141 e. The van der Waals surface area contributed by atoms with Crippen molar-refractivity contribution in [2.24, 2.45) is 5.84 Å². The van der Waals surface area contributed by atoms with Gasteiger partial charge in [0.25, 0.3) is 0 Å². The number of nitrogens with one attached hydrogen (secondary N) is 1. The second-order valence-electron chi connectivity index (χ2n) is 3.70. The highest BCUT2D eigenvalue weighted by Gasteiger charge is 2.25. The first kappa shape index (κ1) is 10.7. The van der Waals surface area contributed by atoms with E-state index in [2.05, 4.69) is 11.5 Å². The molecule has 0 bridgehead atoms. The molecule has 0 aliphatic heterocycles. The van der Waals surface area contributed by atoms with E-state index < -0.39 is 5.54 Å². The molecule has 74 valence electrons. The number of nitrogens with zero attached hydrogens (tertiary/aromatic N) is 1. The van der Waals surface area contributed by atoms with Crippen LogP contribution in [-0.2, 0) is 5.54 Å². The molecule has 0 amide bonds. The Labute approximate surface area is 84.5 Å². The van der Waals surface area contributed by atoms with Gasteiger partial charge in [0.05, 0.1) is 6.07 Å². The molecule has 0 heterocycles. The van der Waals surface area contributed by atoms with Gasteiger partial charge in [-0.15, -0.1) is 0 Å². The first-order valence-electron chi connectivity index (χ1n) is 4.50. The van der Waals surface area contributed by atoms with Crippen molar-refractivity contribution in [3.8, 4) is 6.07 Å². The molecule has 1 aromatic carbocycles. The molecule has 1 rings (SSSR count). The largest absolute Gasteiger partial charge is 0.270 e. The molecule has 0 radical (unpaired) electrons. The van der Waals surface area contributed by atoms with Gasteiger partial charge in [-0.05, 0) is 31.9 Å². The summed E-state index contributed by atoms with van der Waals surface area (Å²) in [7, 11) is 0. The Hall–Kier alpha value is -1.37. The zero-order valence-electron chi connectivity index (χ0n) is 8.76. The number of nitrogens with two attached hydrogens (primary N) is 1. The van der Waals surface area contributed by atoms with E-state index >= 15 is 0 Å². The Bertz CT molecular complexity index is 379. The molecule has 0 aliphatic carbocycles. The van der Waals surface area contributed by atoms with Crippen LogP contribution < -0.4 is 11.3 Å².